The van der Waals surface area contributed by atoms with Crippen molar-refractivity contribution in [2.45, 2.75) is 45.2 Å². The molecule has 7 heteroatoms. The number of carbonyl (C=O) groups excluding carboxylic acids is 1. The van der Waals surface area contributed by atoms with E-state index in [0.29, 0.717) is 38.4 Å². The molecule has 5 rings (SSSR count). The van der Waals surface area contributed by atoms with Crippen molar-refractivity contribution in [2.24, 2.45) is 5.92 Å². The molecule has 0 saturated heterocycles. The number of rotatable bonds is 5. The second-order valence-corrected chi connectivity index (χ2v) is 7.97. The summed E-state index contributed by atoms with van der Waals surface area (Å²) < 4.78 is 3.39. The van der Waals surface area contributed by atoms with Crippen molar-refractivity contribution in [2.75, 3.05) is 13.1 Å². The molecule has 0 bridgehead atoms. The Kier molecular flexibility index (Phi) is 4.30. The highest BCUT2D eigenvalue weighted by atomic mass is 16.2. The van der Waals surface area contributed by atoms with Gasteiger partial charge in [-0.2, -0.15) is 5.10 Å². The Hall–Kier alpha value is -2.83. The maximum Gasteiger partial charge on any atom is 0.345 e. The number of H-pyrrole nitrogens is 1. The molecule has 2 aromatic heterocycles. The van der Waals surface area contributed by atoms with Crippen LogP contribution in [0, 0.1) is 5.92 Å². The van der Waals surface area contributed by atoms with E-state index >= 15 is 0 Å². The average Bonchev–Trinajstić information content (AvgIpc) is 3.41. The Morgan fingerprint density at radius 3 is 2.89 bits per heavy atom. The number of hydrogen-bond acceptors (Lipinski definition) is 3. The number of nitrogens with one attached hydrogen (secondary N) is 1. The number of para-hydroxylation sites is 1. The number of aromatic amines is 1. The second-order valence-electron chi connectivity index (χ2n) is 7.97. The summed E-state index contributed by atoms with van der Waals surface area (Å²) in [5.74, 6) is 1.59. The van der Waals surface area contributed by atoms with Crippen molar-refractivity contribution in [3.63, 3.8) is 0 Å². The molecule has 1 aromatic carbocycles. The van der Waals surface area contributed by atoms with E-state index < -0.39 is 0 Å². The van der Waals surface area contributed by atoms with Crippen LogP contribution in [0.3, 0.4) is 0 Å². The average molecular weight is 379 g/mol. The van der Waals surface area contributed by atoms with E-state index in [4.69, 9.17) is 0 Å². The summed E-state index contributed by atoms with van der Waals surface area (Å²) >= 11 is 0. The molecule has 0 unspecified atom stereocenters. The summed E-state index contributed by atoms with van der Waals surface area (Å²) in [6.45, 7) is 2.49. The normalized spacial score (nSPS) is 16.9. The molecule has 146 valence electrons. The van der Waals surface area contributed by atoms with Crippen LogP contribution in [0.5, 0.6) is 0 Å². The van der Waals surface area contributed by atoms with Gasteiger partial charge in [0, 0.05) is 56.1 Å². The molecule has 7 nitrogen and oxygen atoms in total. The van der Waals surface area contributed by atoms with Crippen molar-refractivity contribution in [3.05, 3.63) is 52.3 Å². The summed E-state index contributed by atoms with van der Waals surface area (Å²) in [4.78, 5) is 30.5. The number of benzene rings is 1. The van der Waals surface area contributed by atoms with Gasteiger partial charge in [0.1, 0.15) is 5.82 Å². The quantitative estimate of drug-likeness (QED) is 0.736. The van der Waals surface area contributed by atoms with Gasteiger partial charge in [-0.15, -0.1) is 0 Å². The van der Waals surface area contributed by atoms with Gasteiger partial charge >= 0.3 is 5.69 Å². The number of carbonyl (C=O) groups is 1. The zero-order valence-electron chi connectivity index (χ0n) is 15.9. The van der Waals surface area contributed by atoms with Crippen LogP contribution in [0.15, 0.2) is 35.3 Å². The zero-order chi connectivity index (χ0) is 19.1. The van der Waals surface area contributed by atoms with Gasteiger partial charge in [-0.05, 0) is 36.8 Å². The molecule has 3 aromatic rings. The van der Waals surface area contributed by atoms with Crippen LogP contribution in [0.4, 0.5) is 0 Å². The molecule has 28 heavy (non-hydrogen) atoms. The number of amides is 1. The highest BCUT2D eigenvalue weighted by Gasteiger charge is 2.26. The molecular weight excluding hydrogens is 354 g/mol. The fourth-order valence-electron chi connectivity index (χ4n) is 4.11. The van der Waals surface area contributed by atoms with Crippen LogP contribution < -0.4 is 5.69 Å². The molecule has 1 amide bonds. The van der Waals surface area contributed by atoms with Crippen LogP contribution in [-0.4, -0.2) is 43.2 Å². The van der Waals surface area contributed by atoms with E-state index in [-0.39, 0.29) is 11.6 Å². The van der Waals surface area contributed by atoms with Gasteiger partial charge in [0.15, 0.2) is 0 Å². The summed E-state index contributed by atoms with van der Waals surface area (Å²) in [5, 5.41) is 5.71. The highest BCUT2D eigenvalue weighted by molar-refractivity contribution is 5.84. The summed E-state index contributed by atoms with van der Waals surface area (Å²) in [6, 6.07) is 8.16. The van der Waals surface area contributed by atoms with Crippen LogP contribution in [0.25, 0.3) is 10.9 Å². The maximum atomic E-state index is 12.8. The molecule has 3 heterocycles. The fourth-order valence-corrected chi connectivity index (χ4v) is 4.11. The van der Waals surface area contributed by atoms with Gasteiger partial charge in [-0.3, -0.25) is 9.36 Å². The van der Waals surface area contributed by atoms with E-state index in [0.717, 1.165) is 24.3 Å². The molecular formula is C21H25N5O2. The molecule has 1 fully saturated rings. The minimum absolute atomic E-state index is 0.0185. The van der Waals surface area contributed by atoms with Crippen molar-refractivity contribution < 1.29 is 4.79 Å². The van der Waals surface area contributed by atoms with Gasteiger partial charge in [-0.1, -0.05) is 18.2 Å². The number of aryl methyl sites for hydroxylation is 1. The predicted octanol–water partition coefficient (Wildman–Crippen LogP) is 1.95. The van der Waals surface area contributed by atoms with E-state index in [9.17, 15) is 9.59 Å². The Labute approximate surface area is 163 Å². The van der Waals surface area contributed by atoms with Crippen molar-refractivity contribution >= 4 is 16.8 Å². The maximum absolute atomic E-state index is 12.8. The monoisotopic (exact) mass is 379 g/mol. The van der Waals surface area contributed by atoms with E-state index in [1.165, 1.54) is 23.8 Å². The van der Waals surface area contributed by atoms with Gasteiger partial charge in [0.05, 0.1) is 0 Å². The van der Waals surface area contributed by atoms with E-state index in [2.05, 4.69) is 16.1 Å². The molecule has 1 saturated carbocycles. The van der Waals surface area contributed by atoms with E-state index in [1.807, 2.05) is 29.3 Å². The lowest BCUT2D eigenvalue weighted by Gasteiger charge is -2.20. The van der Waals surface area contributed by atoms with Crippen LogP contribution in [-0.2, 0) is 30.7 Å². The van der Waals surface area contributed by atoms with Crippen molar-refractivity contribution in [1.29, 1.82) is 0 Å². The third-order valence-corrected chi connectivity index (χ3v) is 5.96. The van der Waals surface area contributed by atoms with Crippen molar-refractivity contribution in [1.82, 2.24) is 24.2 Å². The third-order valence-electron chi connectivity index (χ3n) is 5.96. The smallest absolute Gasteiger partial charge is 0.345 e. The third kappa shape index (κ3) is 3.25. The number of nitrogens with zero attached hydrogens (tertiary/aromatic N) is 4. The van der Waals surface area contributed by atoms with Gasteiger partial charge in [0.2, 0.25) is 5.91 Å². The first-order valence-electron chi connectivity index (χ1n) is 10.2. The minimum atomic E-state index is -0.0185. The molecule has 0 atom stereocenters. The first-order valence-corrected chi connectivity index (χ1v) is 10.2. The minimum Gasteiger partial charge on any atom is -0.361 e. The first kappa shape index (κ1) is 17.3. The Morgan fingerprint density at radius 2 is 2.04 bits per heavy atom. The fraction of sp³-hybridized carbons (Fsp3) is 0.476. The zero-order valence-corrected chi connectivity index (χ0v) is 15.9. The number of fused-ring (bicyclic) bond motifs is 2. The lowest BCUT2D eigenvalue weighted by atomic mass is 10.1. The molecule has 1 aliphatic carbocycles. The lowest BCUT2D eigenvalue weighted by molar-refractivity contribution is -0.131. The van der Waals surface area contributed by atoms with Gasteiger partial charge in [-0.25, -0.2) is 9.48 Å². The van der Waals surface area contributed by atoms with Gasteiger partial charge < -0.3 is 9.88 Å². The van der Waals surface area contributed by atoms with E-state index in [1.54, 1.807) is 9.25 Å². The van der Waals surface area contributed by atoms with Crippen LogP contribution in [0.1, 0.15) is 30.7 Å². The lowest BCUT2D eigenvalue weighted by Crippen LogP contribution is -2.35. The topological polar surface area (TPSA) is 75.9 Å². The predicted molar refractivity (Wildman–Crippen MR) is 106 cm³/mol. The van der Waals surface area contributed by atoms with Gasteiger partial charge in [0.25, 0.3) is 0 Å². The molecule has 0 spiro atoms. The summed E-state index contributed by atoms with van der Waals surface area (Å²) in [7, 11) is 0. The number of hydrogen-bond donors (Lipinski definition) is 1. The SMILES string of the molecule is O=C(CCc1c[nH]c2ccccc12)N1CCc2nn(CC3CC3)c(=O)n2CC1. The van der Waals surface area contributed by atoms with Crippen LogP contribution >= 0.6 is 0 Å². The standard InChI is InChI=1S/C21H25N5O2/c27-20(8-7-16-13-22-18-4-2-1-3-17(16)18)24-10-9-19-23-26(14-15-5-6-15)21(28)25(19)12-11-24/h1-4,13,15,22H,5-12,14H2. The Bertz CT molecular complexity index is 1070. The highest BCUT2D eigenvalue weighted by Crippen LogP contribution is 2.29. The summed E-state index contributed by atoms with van der Waals surface area (Å²) in [6.07, 6.45) is 6.25. The molecule has 0 radical (unpaired) electrons. The summed E-state index contributed by atoms with van der Waals surface area (Å²) in [5.41, 5.74) is 2.26. The van der Waals surface area contributed by atoms with Crippen LogP contribution in [0.2, 0.25) is 0 Å². The largest absolute Gasteiger partial charge is 0.361 e. The molecule has 1 aliphatic heterocycles. The molecule has 2 aliphatic rings. The Balaban J connectivity index is 1.22. The molecule has 1 N–H and O–H groups in total. The number of aromatic nitrogens is 4. The second kappa shape index (κ2) is 6.96. The Morgan fingerprint density at radius 1 is 1.18 bits per heavy atom. The van der Waals surface area contributed by atoms with Crippen molar-refractivity contribution in [3.8, 4) is 0 Å². The first-order chi connectivity index (χ1) is 13.7.